The monoisotopic (exact) mass is 502 g/mol. The van der Waals surface area contributed by atoms with Crippen molar-refractivity contribution in [1.82, 2.24) is 0 Å². The molecular formula is C11H6Br4OS. The van der Waals surface area contributed by atoms with Crippen LogP contribution in [0.25, 0.3) is 10.4 Å². The number of thiophene rings is 1. The predicted octanol–water partition coefficient (Wildman–Crippen LogP) is 6.48. The third-order valence-electron chi connectivity index (χ3n) is 2.21. The molecule has 2 rings (SSSR count). The Bertz CT molecular complexity index is 592. The van der Waals surface area contributed by atoms with Crippen LogP contribution in [0.2, 0.25) is 0 Å². The first-order valence-corrected chi connectivity index (χ1v) is 8.53. The van der Waals surface area contributed by atoms with E-state index in [0.29, 0.717) is 4.47 Å². The van der Waals surface area contributed by atoms with Gasteiger partial charge in [0.25, 0.3) is 0 Å². The zero-order valence-corrected chi connectivity index (χ0v) is 15.7. The first-order chi connectivity index (χ1) is 7.91. The molecule has 0 bridgehead atoms. The van der Waals surface area contributed by atoms with Gasteiger partial charge in [-0.15, -0.1) is 11.3 Å². The van der Waals surface area contributed by atoms with Crippen LogP contribution in [0.4, 0.5) is 0 Å². The molecule has 0 aliphatic carbocycles. The maximum Gasteiger partial charge on any atom is 0.138 e. The van der Waals surface area contributed by atoms with Gasteiger partial charge >= 0.3 is 0 Å². The summed E-state index contributed by atoms with van der Waals surface area (Å²) >= 11 is 15.4. The van der Waals surface area contributed by atoms with E-state index in [-0.39, 0.29) is 5.75 Å². The summed E-state index contributed by atoms with van der Waals surface area (Å²) in [5, 5.41) is 10.1. The number of phenolic OH excluding ortho intramolecular Hbond substituents is 1. The molecule has 0 saturated heterocycles. The number of rotatable bonds is 1. The second-order valence-corrected chi connectivity index (χ2v) is 8.25. The van der Waals surface area contributed by atoms with E-state index in [9.17, 15) is 5.11 Å². The topological polar surface area (TPSA) is 20.2 Å². The van der Waals surface area contributed by atoms with Crippen molar-refractivity contribution in [3.63, 3.8) is 0 Å². The van der Waals surface area contributed by atoms with Crippen LogP contribution >= 0.6 is 75.1 Å². The number of hydrogen-bond acceptors (Lipinski definition) is 2. The Hall–Kier alpha value is 0.640. The fourth-order valence-corrected chi connectivity index (χ4v) is 5.16. The van der Waals surface area contributed by atoms with Crippen LogP contribution in [0.1, 0.15) is 5.56 Å². The molecule has 0 radical (unpaired) electrons. The quantitative estimate of drug-likeness (QED) is 0.470. The fraction of sp³-hybridized carbons (Fsp3) is 0.0909. The minimum Gasteiger partial charge on any atom is -0.506 e. The highest BCUT2D eigenvalue weighted by Gasteiger charge is 2.18. The van der Waals surface area contributed by atoms with Crippen LogP contribution < -0.4 is 0 Å². The van der Waals surface area contributed by atoms with E-state index >= 15 is 0 Å². The molecule has 1 nitrogen and oxygen atoms in total. The van der Waals surface area contributed by atoms with Crippen molar-refractivity contribution in [3.8, 4) is 16.2 Å². The van der Waals surface area contributed by atoms with Crippen molar-refractivity contribution in [2.45, 2.75) is 6.92 Å². The second-order valence-electron chi connectivity index (χ2n) is 3.48. The third kappa shape index (κ3) is 2.66. The molecule has 0 aliphatic heterocycles. The molecular weight excluding hydrogens is 500 g/mol. The van der Waals surface area contributed by atoms with Crippen molar-refractivity contribution in [2.24, 2.45) is 0 Å². The van der Waals surface area contributed by atoms with Gasteiger partial charge in [0.05, 0.1) is 22.1 Å². The van der Waals surface area contributed by atoms with Crippen LogP contribution in [0.3, 0.4) is 0 Å². The molecule has 1 aromatic heterocycles. The average Bonchev–Trinajstić information content (AvgIpc) is 2.51. The van der Waals surface area contributed by atoms with Gasteiger partial charge in [-0.2, -0.15) is 0 Å². The lowest BCUT2D eigenvalue weighted by molar-refractivity contribution is 0.474. The summed E-state index contributed by atoms with van der Waals surface area (Å²) in [6.07, 6.45) is 0. The number of benzene rings is 1. The van der Waals surface area contributed by atoms with E-state index in [0.717, 1.165) is 28.7 Å². The minimum atomic E-state index is 0.262. The number of phenols is 1. The number of aryl methyl sites for hydroxylation is 1. The van der Waals surface area contributed by atoms with Crippen molar-refractivity contribution < 1.29 is 5.11 Å². The van der Waals surface area contributed by atoms with Gasteiger partial charge in [0, 0.05) is 5.56 Å². The largest absolute Gasteiger partial charge is 0.506 e. The van der Waals surface area contributed by atoms with Crippen LogP contribution in [0.15, 0.2) is 29.3 Å². The molecule has 0 amide bonds. The molecule has 0 aliphatic rings. The summed E-state index contributed by atoms with van der Waals surface area (Å²) in [7, 11) is 0. The van der Waals surface area contributed by atoms with Crippen LogP contribution in [0, 0.1) is 6.92 Å². The van der Waals surface area contributed by atoms with Crippen molar-refractivity contribution in [2.75, 3.05) is 0 Å². The summed E-state index contributed by atoms with van der Waals surface area (Å²) in [5.74, 6) is 0.262. The zero-order valence-electron chi connectivity index (χ0n) is 8.52. The number of hydrogen-bond donors (Lipinski definition) is 1. The first kappa shape index (κ1) is 14.1. The Balaban J connectivity index is 2.72. The molecule has 0 saturated carbocycles. The highest BCUT2D eigenvalue weighted by molar-refractivity contribution is 9.14. The van der Waals surface area contributed by atoms with Gasteiger partial charge in [0.15, 0.2) is 0 Å². The van der Waals surface area contributed by atoms with E-state index in [4.69, 9.17) is 0 Å². The molecule has 0 spiro atoms. The molecule has 1 N–H and O–H groups in total. The minimum absolute atomic E-state index is 0.262. The lowest BCUT2D eigenvalue weighted by atomic mass is 10.1. The Morgan fingerprint density at radius 3 is 2.24 bits per heavy atom. The normalized spacial score (nSPS) is 10.9. The molecule has 0 fully saturated rings. The lowest BCUT2D eigenvalue weighted by Gasteiger charge is -2.07. The highest BCUT2D eigenvalue weighted by Crippen LogP contribution is 2.49. The Kier molecular flexibility index (Phi) is 4.41. The highest BCUT2D eigenvalue weighted by atomic mass is 79.9. The Morgan fingerprint density at radius 2 is 1.71 bits per heavy atom. The fourth-order valence-electron chi connectivity index (χ4n) is 1.45. The van der Waals surface area contributed by atoms with E-state index < -0.39 is 0 Å². The van der Waals surface area contributed by atoms with Gasteiger partial charge in [0.2, 0.25) is 0 Å². The standard InChI is InChI=1S/C11H6Br4OS/c1-4-2-5(9(16)6(12)3-4)10-7(13)8(14)11(15)17-10/h2-3,16H,1H3. The molecule has 0 atom stereocenters. The van der Waals surface area contributed by atoms with Gasteiger partial charge in [-0.25, -0.2) is 0 Å². The number of halogens is 4. The van der Waals surface area contributed by atoms with Crippen LogP contribution in [0.5, 0.6) is 5.75 Å². The summed E-state index contributed by atoms with van der Waals surface area (Å²) in [4.78, 5) is 0.991. The maximum atomic E-state index is 10.1. The van der Waals surface area contributed by atoms with Crippen molar-refractivity contribution in [3.05, 3.63) is 34.9 Å². The maximum absolute atomic E-state index is 10.1. The predicted molar refractivity (Wildman–Crippen MR) is 87.0 cm³/mol. The number of aromatic hydroxyl groups is 1. The summed E-state index contributed by atoms with van der Waals surface area (Å²) in [5.41, 5.74) is 1.91. The van der Waals surface area contributed by atoms with Gasteiger partial charge in [0.1, 0.15) is 5.75 Å². The van der Waals surface area contributed by atoms with E-state index in [1.165, 1.54) is 0 Å². The lowest BCUT2D eigenvalue weighted by Crippen LogP contribution is -1.81. The summed E-state index contributed by atoms with van der Waals surface area (Å²) in [6.45, 7) is 2.00. The van der Waals surface area contributed by atoms with E-state index in [1.807, 2.05) is 19.1 Å². The molecule has 1 heterocycles. The Labute approximate surface area is 137 Å². The average molecular weight is 506 g/mol. The first-order valence-electron chi connectivity index (χ1n) is 4.54. The van der Waals surface area contributed by atoms with Crippen LogP contribution in [-0.4, -0.2) is 5.11 Å². The van der Waals surface area contributed by atoms with Crippen molar-refractivity contribution in [1.29, 1.82) is 0 Å². The smallest absolute Gasteiger partial charge is 0.138 e. The third-order valence-corrected chi connectivity index (χ3v) is 7.88. The summed E-state index contributed by atoms with van der Waals surface area (Å²) in [6, 6.07) is 3.86. The molecule has 2 aromatic rings. The molecule has 17 heavy (non-hydrogen) atoms. The van der Waals surface area contributed by atoms with Gasteiger partial charge in [-0.05, 0) is 88.3 Å². The van der Waals surface area contributed by atoms with Crippen LogP contribution in [-0.2, 0) is 0 Å². The molecule has 6 heteroatoms. The van der Waals surface area contributed by atoms with Gasteiger partial charge in [-0.3, -0.25) is 0 Å². The summed E-state index contributed by atoms with van der Waals surface area (Å²) < 4.78 is 3.62. The SMILES string of the molecule is Cc1cc(Br)c(O)c(-c2sc(Br)c(Br)c2Br)c1. The Morgan fingerprint density at radius 1 is 1.06 bits per heavy atom. The second kappa shape index (κ2) is 5.33. The van der Waals surface area contributed by atoms with Gasteiger partial charge < -0.3 is 5.11 Å². The zero-order chi connectivity index (χ0) is 12.7. The van der Waals surface area contributed by atoms with Gasteiger partial charge in [-0.1, -0.05) is 0 Å². The molecule has 0 unspecified atom stereocenters. The van der Waals surface area contributed by atoms with Crippen molar-refractivity contribution >= 4 is 75.1 Å². The molecule has 1 aromatic carbocycles. The van der Waals surface area contributed by atoms with E-state index in [2.05, 4.69) is 63.7 Å². The molecule has 90 valence electrons. The van der Waals surface area contributed by atoms with E-state index in [1.54, 1.807) is 11.3 Å².